The Morgan fingerprint density at radius 3 is 2.22 bits per heavy atom. The molecule has 0 saturated carbocycles. The van der Waals surface area contributed by atoms with Crippen molar-refractivity contribution in [2.45, 2.75) is 20.8 Å². The number of anilines is 3. The van der Waals surface area contributed by atoms with E-state index >= 15 is 0 Å². The number of hydrogen-bond donors (Lipinski definition) is 2. The molecule has 3 rings (SSSR count). The van der Waals surface area contributed by atoms with E-state index in [0.29, 0.717) is 12.3 Å². The number of nitrogens with zero attached hydrogens (tertiary/aromatic N) is 1. The minimum atomic E-state index is -0.222. The van der Waals surface area contributed by atoms with Gasteiger partial charge in [-0.2, -0.15) is 0 Å². The fourth-order valence-corrected chi connectivity index (χ4v) is 2.76. The monoisotopic (exact) mass is 361 g/mol. The van der Waals surface area contributed by atoms with Gasteiger partial charge in [-0.1, -0.05) is 18.2 Å². The summed E-state index contributed by atoms with van der Waals surface area (Å²) < 4.78 is 5.43. The van der Waals surface area contributed by atoms with E-state index in [1.54, 1.807) is 12.3 Å². The van der Waals surface area contributed by atoms with Crippen LogP contribution in [-0.2, 0) is 0 Å². The van der Waals surface area contributed by atoms with Crippen LogP contribution in [0.1, 0.15) is 28.5 Å². The molecular formula is C22H23N3O2. The molecule has 0 spiro atoms. The number of aromatic nitrogens is 1. The van der Waals surface area contributed by atoms with E-state index in [1.165, 1.54) is 0 Å². The van der Waals surface area contributed by atoms with Crippen LogP contribution < -0.4 is 15.4 Å². The maximum atomic E-state index is 12.5. The van der Waals surface area contributed by atoms with Crippen molar-refractivity contribution in [3.05, 3.63) is 77.6 Å². The van der Waals surface area contributed by atoms with Gasteiger partial charge in [0.2, 0.25) is 0 Å². The van der Waals surface area contributed by atoms with E-state index in [0.717, 1.165) is 33.9 Å². The minimum Gasteiger partial charge on any atom is -0.494 e. The highest BCUT2D eigenvalue weighted by Crippen LogP contribution is 2.22. The first-order chi connectivity index (χ1) is 13.1. The van der Waals surface area contributed by atoms with Crippen LogP contribution in [-0.4, -0.2) is 17.5 Å². The van der Waals surface area contributed by atoms with Crippen LogP contribution in [0.3, 0.4) is 0 Å². The zero-order valence-electron chi connectivity index (χ0n) is 15.7. The number of amides is 1. The number of ether oxygens (including phenoxy) is 1. The summed E-state index contributed by atoms with van der Waals surface area (Å²) in [6.07, 6.45) is 1.65. The third-order valence-corrected chi connectivity index (χ3v) is 4.17. The summed E-state index contributed by atoms with van der Waals surface area (Å²) in [5, 5.41) is 6.20. The Morgan fingerprint density at radius 1 is 0.963 bits per heavy atom. The van der Waals surface area contributed by atoms with Crippen LogP contribution in [0, 0.1) is 13.8 Å². The summed E-state index contributed by atoms with van der Waals surface area (Å²) in [5.41, 5.74) is 4.99. The molecular weight excluding hydrogens is 338 g/mol. The molecule has 0 saturated heterocycles. The molecule has 0 aliphatic heterocycles. The van der Waals surface area contributed by atoms with Gasteiger partial charge in [0.1, 0.15) is 11.4 Å². The van der Waals surface area contributed by atoms with Crippen LogP contribution in [0.25, 0.3) is 0 Å². The van der Waals surface area contributed by atoms with Crippen molar-refractivity contribution in [2.24, 2.45) is 0 Å². The normalized spacial score (nSPS) is 10.3. The average molecular weight is 361 g/mol. The highest BCUT2D eigenvalue weighted by molar-refractivity contribution is 6.03. The first kappa shape index (κ1) is 18.5. The van der Waals surface area contributed by atoms with Gasteiger partial charge in [-0.3, -0.25) is 4.79 Å². The summed E-state index contributed by atoms with van der Waals surface area (Å²) >= 11 is 0. The molecule has 1 amide bonds. The number of hydrogen-bond acceptors (Lipinski definition) is 4. The number of carbonyl (C=O) groups excluding carboxylic acids is 1. The van der Waals surface area contributed by atoms with Gasteiger partial charge in [0.05, 0.1) is 18.5 Å². The second kappa shape index (κ2) is 8.36. The zero-order chi connectivity index (χ0) is 19.2. The van der Waals surface area contributed by atoms with E-state index in [1.807, 2.05) is 69.3 Å². The smallest absolute Gasteiger partial charge is 0.274 e. The number of carbonyl (C=O) groups is 1. The van der Waals surface area contributed by atoms with Crippen molar-refractivity contribution in [1.29, 1.82) is 0 Å². The van der Waals surface area contributed by atoms with Gasteiger partial charge >= 0.3 is 0 Å². The fraction of sp³-hybridized carbons (Fsp3) is 0.182. The lowest BCUT2D eigenvalue weighted by Gasteiger charge is -2.11. The topological polar surface area (TPSA) is 63.2 Å². The fourth-order valence-electron chi connectivity index (χ4n) is 2.76. The molecule has 0 radical (unpaired) electrons. The third kappa shape index (κ3) is 4.64. The standard InChI is InChI=1S/C22H23N3O2/c1-4-27-19-11-8-17(9-12-19)24-18-10-13-20(23-14-18)22(26)25-21-15(2)6-5-7-16(21)3/h5-14,24H,4H2,1-3H3,(H,25,26). The predicted octanol–water partition coefficient (Wildman–Crippen LogP) is 5.09. The third-order valence-electron chi connectivity index (χ3n) is 4.17. The molecule has 0 aliphatic rings. The Bertz CT molecular complexity index is 899. The molecule has 2 N–H and O–H groups in total. The van der Waals surface area contributed by atoms with Crippen molar-refractivity contribution < 1.29 is 9.53 Å². The van der Waals surface area contributed by atoms with Crippen molar-refractivity contribution in [3.63, 3.8) is 0 Å². The van der Waals surface area contributed by atoms with Gasteiger partial charge in [0, 0.05) is 11.4 Å². The number of aryl methyl sites for hydroxylation is 2. The lowest BCUT2D eigenvalue weighted by molar-refractivity contribution is 0.102. The second-order valence-electron chi connectivity index (χ2n) is 6.24. The Kier molecular flexibility index (Phi) is 5.71. The molecule has 5 heteroatoms. The van der Waals surface area contributed by atoms with Crippen molar-refractivity contribution in [1.82, 2.24) is 4.98 Å². The van der Waals surface area contributed by atoms with Gasteiger partial charge < -0.3 is 15.4 Å². The molecule has 0 unspecified atom stereocenters. The van der Waals surface area contributed by atoms with E-state index in [2.05, 4.69) is 15.6 Å². The molecule has 1 aromatic heterocycles. The highest BCUT2D eigenvalue weighted by Gasteiger charge is 2.11. The van der Waals surface area contributed by atoms with Crippen LogP contribution in [0.2, 0.25) is 0 Å². The van der Waals surface area contributed by atoms with Crippen molar-refractivity contribution >= 4 is 23.0 Å². The lowest BCUT2D eigenvalue weighted by Crippen LogP contribution is -2.15. The molecule has 2 aromatic carbocycles. The average Bonchev–Trinajstić information content (AvgIpc) is 2.67. The van der Waals surface area contributed by atoms with E-state index in [-0.39, 0.29) is 5.91 Å². The number of rotatable bonds is 6. The molecule has 27 heavy (non-hydrogen) atoms. The van der Waals surface area contributed by atoms with E-state index in [9.17, 15) is 4.79 Å². The quantitative estimate of drug-likeness (QED) is 0.642. The van der Waals surface area contributed by atoms with Crippen molar-refractivity contribution in [3.8, 4) is 5.75 Å². The van der Waals surface area contributed by atoms with Gasteiger partial charge in [0.15, 0.2) is 0 Å². The molecule has 0 atom stereocenters. The van der Waals surface area contributed by atoms with E-state index in [4.69, 9.17) is 4.74 Å². The summed E-state index contributed by atoms with van der Waals surface area (Å²) in [6.45, 7) is 6.54. The van der Waals surface area contributed by atoms with Gasteiger partial charge in [-0.05, 0) is 68.3 Å². The Morgan fingerprint density at radius 2 is 1.63 bits per heavy atom. The van der Waals surface area contributed by atoms with Gasteiger partial charge in [0.25, 0.3) is 5.91 Å². The molecule has 0 bridgehead atoms. The lowest BCUT2D eigenvalue weighted by atomic mass is 10.1. The molecule has 0 aliphatic carbocycles. The summed E-state index contributed by atoms with van der Waals surface area (Å²) in [5.74, 6) is 0.611. The molecule has 0 fully saturated rings. The first-order valence-electron chi connectivity index (χ1n) is 8.90. The van der Waals surface area contributed by atoms with Crippen LogP contribution >= 0.6 is 0 Å². The van der Waals surface area contributed by atoms with E-state index < -0.39 is 0 Å². The predicted molar refractivity (Wildman–Crippen MR) is 109 cm³/mol. The maximum absolute atomic E-state index is 12.5. The Hall–Kier alpha value is -3.34. The van der Waals surface area contributed by atoms with Crippen LogP contribution in [0.4, 0.5) is 17.1 Å². The van der Waals surface area contributed by atoms with Gasteiger partial charge in [-0.15, -0.1) is 0 Å². The zero-order valence-corrected chi connectivity index (χ0v) is 15.7. The van der Waals surface area contributed by atoms with Gasteiger partial charge in [-0.25, -0.2) is 4.98 Å². The summed E-state index contributed by atoms with van der Waals surface area (Å²) in [7, 11) is 0. The maximum Gasteiger partial charge on any atom is 0.274 e. The highest BCUT2D eigenvalue weighted by atomic mass is 16.5. The molecule has 5 nitrogen and oxygen atoms in total. The first-order valence-corrected chi connectivity index (χ1v) is 8.90. The molecule has 138 valence electrons. The Labute approximate surface area is 159 Å². The van der Waals surface area contributed by atoms with Crippen LogP contribution in [0.15, 0.2) is 60.8 Å². The Balaban J connectivity index is 1.66. The second-order valence-corrected chi connectivity index (χ2v) is 6.24. The number of benzene rings is 2. The number of pyridine rings is 1. The number of para-hydroxylation sites is 1. The van der Waals surface area contributed by atoms with Crippen molar-refractivity contribution in [2.75, 3.05) is 17.2 Å². The number of nitrogens with one attached hydrogen (secondary N) is 2. The SMILES string of the molecule is CCOc1ccc(Nc2ccc(C(=O)Nc3c(C)cccc3C)nc2)cc1. The summed E-state index contributed by atoms with van der Waals surface area (Å²) in [4.78, 5) is 16.8. The largest absolute Gasteiger partial charge is 0.494 e. The minimum absolute atomic E-state index is 0.222. The molecule has 3 aromatic rings. The van der Waals surface area contributed by atoms with Crippen LogP contribution in [0.5, 0.6) is 5.75 Å². The molecule has 1 heterocycles. The summed E-state index contributed by atoms with van der Waals surface area (Å²) in [6, 6.07) is 17.2.